The summed E-state index contributed by atoms with van der Waals surface area (Å²) in [5.74, 6) is -0.393. The van der Waals surface area contributed by atoms with E-state index in [1.54, 1.807) is 25.3 Å². The van der Waals surface area contributed by atoms with Gasteiger partial charge in [0.25, 0.3) is 0 Å². The van der Waals surface area contributed by atoms with Crippen LogP contribution < -0.4 is 10.6 Å². The normalized spacial score (nSPS) is 12.0. The van der Waals surface area contributed by atoms with Crippen LogP contribution in [0.4, 0.5) is 11.4 Å². The molecule has 1 aromatic carbocycles. The van der Waals surface area contributed by atoms with E-state index in [9.17, 15) is 4.79 Å². The van der Waals surface area contributed by atoms with Gasteiger partial charge in [-0.15, -0.1) is 0 Å². The number of hydrogen-bond acceptors (Lipinski definition) is 5. The smallest absolute Gasteiger partial charge is 0.338 e. The van der Waals surface area contributed by atoms with E-state index in [0.29, 0.717) is 11.3 Å². The maximum Gasteiger partial charge on any atom is 0.338 e. The highest BCUT2D eigenvalue weighted by atomic mass is 16.6. The molecule has 0 radical (unpaired) electrons. The minimum absolute atomic E-state index is 0.118. The molecular weight excluding hydrogens is 232 g/mol. The largest absolute Gasteiger partial charge is 0.459 e. The lowest BCUT2D eigenvalue weighted by Gasteiger charge is -2.16. The van der Waals surface area contributed by atoms with Gasteiger partial charge in [0.1, 0.15) is 6.61 Å². The molecule has 0 aliphatic heterocycles. The molecule has 100 valence electrons. The molecule has 0 bridgehead atoms. The van der Waals surface area contributed by atoms with E-state index in [1.165, 1.54) is 0 Å². The Bertz CT molecular complexity index is 419. The van der Waals surface area contributed by atoms with Gasteiger partial charge in [0.15, 0.2) is 0 Å². The van der Waals surface area contributed by atoms with Crippen LogP contribution in [0.15, 0.2) is 18.2 Å². The predicted molar refractivity (Wildman–Crippen MR) is 71.9 cm³/mol. The van der Waals surface area contributed by atoms with Crippen LogP contribution in [0.3, 0.4) is 0 Å². The fourth-order valence-corrected chi connectivity index (χ4v) is 1.43. The van der Waals surface area contributed by atoms with Crippen LogP contribution >= 0.6 is 0 Å². The summed E-state index contributed by atoms with van der Waals surface area (Å²) in [6, 6.07) is 5.12. The summed E-state index contributed by atoms with van der Waals surface area (Å²) in [5, 5.41) is 0. The standard InChI is InChI=1S/C13H20N2O3/c1-9(17-4)8-18-13(16)10-5-6-12(15(2)3)11(14)7-10/h5-7,9H,8,14H2,1-4H3. The van der Waals surface area contributed by atoms with Crippen molar-refractivity contribution in [3.8, 4) is 0 Å². The van der Waals surface area contributed by atoms with Gasteiger partial charge in [0.05, 0.1) is 23.0 Å². The predicted octanol–water partition coefficient (Wildman–Crippen LogP) is 1.53. The fraction of sp³-hybridized carbons (Fsp3) is 0.462. The van der Waals surface area contributed by atoms with Crippen LogP contribution in [0.25, 0.3) is 0 Å². The molecule has 1 rings (SSSR count). The summed E-state index contributed by atoms with van der Waals surface area (Å²) in [5.41, 5.74) is 7.74. The highest BCUT2D eigenvalue weighted by molar-refractivity contribution is 5.92. The van der Waals surface area contributed by atoms with Crippen molar-refractivity contribution in [1.82, 2.24) is 0 Å². The van der Waals surface area contributed by atoms with E-state index >= 15 is 0 Å². The van der Waals surface area contributed by atoms with Gasteiger partial charge in [-0.2, -0.15) is 0 Å². The number of carbonyl (C=O) groups excluding carboxylic acids is 1. The van der Waals surface area contributed by atoms with Crippen LogP contribution in [0, 0.1) is 0 Å². The molecule has 0 fully saturated rings. The van der Waals surface area contributed by atoms with Crippen molar-refractivity contribution in [1.29, 1.82) is 0 Å². The maximum absolute atomic E-state index is 11.8. The summed E-state index contributed by atoms with van der Waals surface area (Å²) < 4.78 is 10.1. The first-order valence-electron chi connectivity index (χ1n) is 5.72. The zero-order valence-electron chi connectivity index (χ0n) is 11.3. The molecule has 0 heterocycles. The minimum atomic E-state index is -0.393. The Morgan fingerprint density at radius 2 is 2.11 bits per heavy atom. The Morgan fingerprint density at radius 3 is 2.61 bits per heavy atom. The molecule has 0 aromatic heterocycles. The van der Waals surface area contributed by atoms with Crippen molar-refractivity contribution in [3.63, 3.8) is 0 Å². The van der Waals surface area contributed by atoms with Gasteiger partial charge >= 0.3 is 5.97 Å². The van der Waals surface area contributed by atoms with Gasteiger partial charge in [-0.3, -0.25) is 0 Å². The van der Waals surface area contributed by atoms with Gasteiger partial charge in [0, 0.05) is 21.2 Å². The highest BCUT2D eigenvalue weighted by Crippen LogP contribution is 2.22. The minimum Gasteiger partial charge on any atom is -0.459 e. The summed E-state index contributed by atoms with van der Waals surface area (Å²) in [6.07, 6.45) is -0.118. The number of ether oxygens (including phenoxy) is 2. The Labute approximate surface area is 107 Å². The molecule has 2 N–H and O–H groups in total. The number of nitrogens with zero attached hydrogens (tertiary/aromatic N) is 1. The van der Waals surface area contributed by atoms with Crippen LogP contribution in [0.1, 0.15) is 17.3 Å². The third-order valence-corrected chi connectivity index (χ3v) is 2.60. The molecule has 1 aromatic rings. The number of esters is 1. The molecule has 5 nitrogen and oxygen atoms in total. The number of rotatable bonds is 5. The monoisotopic (exact) mass is 252 g/mol. The number of methoxy groups -OCH3 is 1. The third-order valence-electron chi connectivity index (χ3n) is 2.60. The summed E-state index contributed by atoms with van der Waals surface area (Å²) >= 11 is 0. The molecular formula is C13H20N2O3. The van der Waals surface area contributed by atoms with E-state index in [1.807, 2.05) is 25.9 Å². The van der Waals surface area contributed by atoms with E-state index in [0.717, 1.165) is 5.69 Å². The lowest BCUT2D eigenvalue weighted by atomic mass is 10.1. The first-order valence-corrected chi connectivity index (χ1v) is 5.72. The zero-order valence-corrected chi connectivity index (χ0v) is 11.3. The summed E-state index contributed by atoms with van der Waals surface area (Å²) in [4.78, 5) is 13.6. The van der Waals surface area contributed by atoms with Crippen LogP contribution in [0.5, 0.6) is 0 Å². The second-order valence-corrected chi connectivity index (χ2v) is 4.31. The first-order chi connectivity index (χ1) is 8.45. The average Bonchev–Trinajstić information content (AvgIpc) is 2.34. The number of anilines is 2. The number of hydrogen-bond donors (Lipinski definition) is 1. The molecule has 1 atom stereocenters. The van der Waals surface area contributed by atoms with Crippen molar-refractivity contribution < 1.29 is 14.3 Å². The Kier molecular flexibility index (Phi) is 4.97. The van der Waals surface area contributed by atoms with Crippen molar-refractivity contribution in [2.45, 2.75) is 13.0 Å². The molecule has 0 spiro atoms. The van der Waals surface area contributed by atoms with Gasteiger partial charge in [0.2, 0.25) is 0 Å². The van der Waals surface area contributed by atoms with Crippen molar-refractivity contribution in [2.75, 3.05) is 38.4 Å². The molecule has 0 aliphatic rings. The fourth-order valence-electron chi connectivity index (χ4n) is 1.43. The van der Waals surface area contributed by atoms with E-state index in [2.05, 4.69) is 0 Å². The van der Waals surface area contributed by atoms with Crippen LogP contribution in [-0.4, -0.2) is 39.9 Å². The number of nitrogens with two attached hydrogens (primary N) is 1. The van der Waals surface area contributed by atoms with Gasteiger partial charge in [-0.25, -0.2) is 4.79 Å². The van der Waals surface area contributed by atoms with Crippen molar-refractivity contribution >= 4 is 17.3 Å². The number of benzene rings is 1. The zero-order chi connectivity index (χ0) is 13.7. The quantitative estimate of drug-likeness (QED) is 0.636. The average molecular weight is 252 g/mol. The number of nitrogen functional groups attached to an aromatic ring is 1. The lowest BCUT2D eigenvalue weighted by molar-refractivity contribution is 0.0169. The maximum atomic E-state index is 11.8. The lowest BCUT2D eigenvalue weighted by Crippen LogP contribution is -2.18. The number of carbonyl (C=O) groups is 1. The molecule has 0 amide bonds. The first kappa shape index (κ1) is 14.3. The van der Waals surface area contributed by atoms with Crippen molar-refractivity contribution in [2.24, 2.45) is 0 Å². The van der Waals surface area contributed by atoms with E-state index < -0.39 is 5.97 Å². The van der Waals surface area contributed by atoms with Gasteiger partial charge < -0.3 is 20.1 Å². The molecule has 0 saturated carbocycles. The molecule has 18 heavy (non-hydrogen) atoms. The Balaban J connectivity index is 2.73. The van der Waals surface area contributed by atoms with Gasteiger partial charge in [-0.05, 0) is 25.1 Å². The highest BCUT2D eigenvalue weighted by Gasteiger charge is 2.11. The van der Waals surface area contributed by atoms with E-state index in [4.69, 9.17) is 15.2 Å². The molecule has 1 unspecified atom stereocenters. The Morgan fingerprint density at radius 1 is 1.44 bits per heavy atom. The second kappa shape index (κ2) is 6.26. The third kappa shape index (κ3) is 3.63. The van der Waals surface area contributed by atoms with E-state index in [-0.39, 0.29) is 12.7 Å². The summed E-state index contributed by atoms with van der Waals surface area (Å²) in [7, 11) is 5.36. The SMILES string of the molecule is COC(C)COC(=O)c1ccc(N(C)C)c(N)c1. The molecule has 0 aliphatic carbocycles. The molecule has 5 heteroatoms. The second-order valence-electron chi connectivity index (χ2n) is 4.31. The van der Waals surface area contributed by atoms with Crippen LogP contribution in [0.2, 0.25) is 0 Å². The van der Waals surface area contributed by atoms with Crippen molar-refractivity contribution in [3.05, 3.63) is 23.8 Å². The van der Waals surface area contributed by atoms with Gasteiger partial charge in [-0.1, -0.05) is 0 Å². The summed E-state index contributed by atoms with van der Waals surface area (Å²) in [6.45, 7) is 2.06. The topological polar surface area (TPSA) is 64.8 Å². The Hall–Kier alpha value is -1.75. The molecule has 0 saturated heterocycles. The van der Waals surface area contributed by atoms with Crippen LogP contribution in [-0.2, 0) is 9.47 Å².